The molecule has 0 bridgehead atoms. The van der Waals surface area contributed by atoms with Crippen molar-refractivity contribution >= 4 is 0 Å². The first kappa shape index (κ1) is 18.9. The lowest BCUT2D eigenvalue weighted by Crippen LogP contribution is -2.62. The molecule has 11 heteroatoms. The molecule has 0 amide bonds. The fraction of sp³-hybridized carbons (Fsp3) is 1.00. The van der Waals surface area contributed by atoms with Gasteiger partial charge in [-0.3, -0.25) is 0 Å². The Bertz CT molecular complexity index is 393. The summed E-state index contributed by atoms with van der Waals surface area (Å²) in [5.41, 5.74) is 0. The van der Waals surface area contributed by atoms with Crippen molar-refractivity contribution in [3.8, 4) is 0 Å². The molecule has 0 aromatic heterocycles. The quantitative estimate of drug-likeness (QED) is 0.238. The fourth-order valence-electron chi connectivity index (χ4n) is 2.63. The predicted molar refractivity (Wildman–Crippen MR) is 68.6 cm³/mol. The highest BCUT2D eigenvalue weighted by atomic mass is 16.8. The van der Waals surface area contributed by atoms with Crippen molar-refractivity contribution in [1.82, 2.24) is 0 Å². The standard InChI is InChI=1S/C12H22O11/c13-1-4-6(16)8(18)9(19)11(21-4)23-12(3-15)10(20)7(17)5(2-14)22-12/h4-11,13-20H,1-3H2/t4-,5+,6-,7+,8+,9-,10-,11?,12?/m0/s1. The first-order valence-corrected chi connectivity index (χ1v) is 7.05. The van der Waals surface area contributed by atoms with Gasteiger partial charge in [-0.05, 0) is 0 Å². The molecule has 0 saturated carbocycles. The van der Waals surface area contributed by atoms with E-state index in [-0.39, 0.29) is 0 Å². The second kappa shape index (κ2) is 7.21. The number of hydrogen-bond donors (Lipinski definition) is 8. The Morgan fingerprint density at radius 2 is 1.39 bits per heavy atom. The predicted octanol–water partition coefficient (Wildman–Crippen LogP) is -5.40. The van der Waals surface area contributed by atoms with Crippen molar-refractivity contribution in [2.75, 3.05) is 19.8 Å². The second-order valence-electron chi connectivity index (χ2n) is 5.56. The van der Waals surface area contributed by atoms with Crippen LogP contribution in [0, 0.1) is 0 Å². The smallest absolute Gasteiger partial charge is 0.224 e. The Morgan fingerprint density at radius 3 is 1.87 bits per heavy atom. The summed E-state index contributed by atoms with van der Waals surface area (Å²) >= 11 is 0. The third kappa shape index (κ3) is 3.23. The van der Waals surface area contributed by atoms with E-state index < -0.39 is 74.6 Å². The zero-order valence-corrected chi connectivity index (χ0v) is 12.0. The van der Waals surface area contributed by atoms with Crippen LogP contribution in [-0.2, 0) is 14.2 Å². The van der Waals surface area contributed by atoms with E-state index in [1.165, 1.54) is 0 Å². The van der Waals surface area contributed by atoms with Crippen LogP contribution >= 0.6 is 0 Å². The van der Waals surface area contributed by atoms with Gasteiger partial charge in [0.1, 0.15) is 49.3 Å². The maximum Gasteiger partial charge on any atom is 0.224 e. The maximum absolute atomic E-state index is 10.00. The van der Waals surface area contributed by atoms with Crippen LogP contribution < -0.4 is 0 Å². The van der Waals surface area contributed by atoms with Crippen molar-refractivity contribution in [1.29, 1.82) is 0 Å². The minimum absolute atomic E-state index is 0.669. The number of rotatable bonds is 5. The molecule has 0 radical (unpaired) electrons. The van der Waals surface area contributed by atoms with Crippen molar-refractivity contribution in [2.24, 2.45) is 0 Å². The van der Waals surface area contributed by atoms with Crippen molar-refractivity contribution < 1.29 is 55.1 Å². The lowest BCUT2D eigenvalue weighted by Gasteiger charge is -2.43. The normalized spacial score (nSPS) is 51.1. The van der Waals surface area contributed by atoms with Gasteiger partial charge in [-0.15, -0.1) is 0 Å². The summed E-state index contributed by atoms with van der Waals surface area (Å²) in [7, 11) is 0. The first-order chi connectivity index (χ1) is 10.8. The molecule has 2 fully saturated rings. The van der Waals surface area contributed by atoms with E-state index in [2.05, 4.69) is 0 Å². The zero-order chi connectivity index (χ0) is 17.4. The largest absolute Gasteiger partial charge is 0.394 e. The Hall–Kier alpha value is -0.440. The number of ether oxygens (including phenoxy) is 3. The molecule has 0 aromatic carbocycles. The highest BCUT2D eigenvalue weighted by molar-refractivity contribution is 4.98. The van der Waals surface area contributed by atoms with Crippen LogP contribution in [-0.4, -0.2) is 115 Å². The fourth-order valence-corrected chi connectivity index (χ4v) is 2.63. The summed E-state index contributed by atoms with van der Waals surface area (Å²) in [4.78, 5) is 0. The summed E-state index contributed by atoms with van der Waals surface area (Å²) < 4.78 is 15.4. The van der Waals surface area contributed by atoms with Gasteiger partial charge in [0.25, 0.3) is 0 Å². The van der Waals surface area contributed by atoms with E-state index in [9.17, 15) is 30.6 Å². The van der Waals surface area contributed by atoms with E-state index in [4.69, 9.17) is 24.4 Å². The molecule has 2 unspecified atom stereocenters. The van der Waals surface area contributed by atoms with Crippen LogP contribution in [0.2, 0.25) is 0 Å². The molecular weight excluding hydrogens is 320 g/mol. The molecule has 2 saturated heterocycles. The first-order valence-electron chi connectivity index (χ1n) is 7.05. The van der Waals surface area contributed by atoms with Crippen LogP contribution in [0.5, 0.6) is 0 Å². The molecular formula is C12H22O11. The SMILES string of the molecule is OC[C@@H]1OC(OC2(CO)O[C@H](CO)[C@@H](O)[C@@H]2O)[C@@H](O)[C@H](O)[C@H]1O. The molecule has 2 heterocycles. The number of aliphatic hydroxyl groups is 8. The van der Waals surface area contributed by atoms with Gasteiger partial charge < -0.3 is 55.1 Å². The summed E-state index contributed by atoms with van der Waals surface area (Å²) in [5.74, 6) is -2.22. The second-order valence-corrected chi connectivity index (χ2v) is 5.56. The average molecular weight is 342 g/mol. The highest BCUT2D eigenvalue weighted by Gasteiger charge is 2.58. The van der Waals surface area contributed by atoms with Gasteiger partial charge in [0.05, 0.1) is 13.2 Å². The zero-order valence-electron chi connectivity index (χ0n) is 12.0. The van der Waals surface area contributed by atoms with Gasteiger partial charge in [-0.25, -0.2) is 0 Å². The molecule has 2 rings (SSSR count). The maximum atomic E-state index is 10.00. The van der Waals surface area contributed by atoms with Gasteiger partial charge in [-0.2, -0.15) is 0 Å². The van der Waals surface area contributed by atoms with Gasteiger partial charge in [0, 0.05) is 0 Å². The Morgan fingerprint density at radius 1 is 0.783 bits per heavy atom. The Kier molecular flexibility index (Phi) is 5.92. The van der Waals surface area contributed by atoms with Gasteiger partial charge >= 0.3 is 0 Å². The minimum Gasteiger partial charge on any atom is -0.394 e. The van der Waals surface area contributed by atoms with Crippen LogP contribution in [0.3, 0.4) is 0 Å². The summed E-state index contributed by atoms with van der Waals surface area (Å²) in [6, 6.07) is 0. The summed E-state index contributed by atoms with van der Waals surface area (Å²) in [6.45, 7) is -2.32. The third-order valence-corrected chi connectivity index (χ3v) is 4.07. The topological polar surface area (TPSA) is 190 Å². The van der Waals surface area contributed by atoms with Crippen molar-refractivity contribution in [3.05, 3.63) is 0 Å². The van der Waals surface area contributed by atoms with Gasteiger partial charge in [0.2, 0.25) is 5.79 Å². The van der Waals surface area contributed by atoms with Crippen LogP contribution in [0.1, 0.15) is 0 Å². The Balaban J connectivity index is 2.18. The van der Waals surface area contributed by atoms with Crippen molar-refractivity contribution in [3.63, 3.8) is 0 Å². The van der Waals surface area contributed by atoms with Crippen LogP contribution in [0.15, 0.2) is 0 Å². The molecule has 2 aliphatic heterocycles. The van der Waals surface area contributed by atoms with Crippen LogP contribution in [0.25, 0.3) is 0 Å². The molecule has 0 aliphatic carbocycles. The van der Waals surface area contributed by atoms with E-state index in [0.717, 1.165) is 0 Å². The lowest BCUT2D eigenvalue weighted by molar-refractivity contribution is -0.383. The molecule has 0 aromatic rings. The van der Waals surface area contributed by atoms with E-state index in [0.29, 0.717) is 0 Å². The van der Waals surface area contributed by atoms with E-state index >= 15 is 0 Å². The molecule has 8 N–H and O–H groups in total. The summed E-state index contributed by atoms with van der Waals surface area (Å²) in [6.07, 6.45) is -12.7. The number of aliphatic hydroxyl groups excluding tert-OH is 8. The Labute approximate surface area is 130 Å². The monoisotopic (exact) mass is 342 g/mol. The minimum atomic E-state index is -2.22. The molecule has 136 valence electrons. The lowest BCUT2D eigenvalue weighted by atomic mass is 9.99. The van der Waals surface area contributed by atoms with E-state index in [1.54, 1.807) is 0 Å². The average Bonchev–Trinajstić information content (AvgIpc) is 2.80. The highest BCUT2D eigenvalue weighted by Crippen LogP contribution is 2.35. The molecule has 9 atom stereocenters. The molecule has 11 nitrogen and oxygen atoms in total. The van der Waals surface area contributed by atoms with Gasteiger partial charge in [-0.1, -0.05) is 0 Å². The van der Waals surface area contributed by atoms with Gasteiger partial charge in [0.15, 0.2) is 6.29 Å². The third-order valence-electron chi connectivity index (χ3n) is 4.07. The van der Waals surface area contributed by atoms with Crippen LogP contribution in [0.4, 0.5) is 0 Å². The number of hydrogen-bond acceptors (Lipinski definition) is 11. The molecule has 2 aliphatic rings. The van der Waals surface area contributed by atoms with E-state index in [1.807, 2.05) is 0 Å². The summed E-state index contributed by atoms with van der Waals surface area (Å²) in [5, 5.41) is 76.7. The molecule has 0 spiro atoms. The molecule has 23 heavy (non-hydrogen) atoms. The van der Waals surface area contributed by atoms with Crippen molar-refractivity contribution in [2.45, 2.75) is 54.8 Å².